The Morgan fingerprint density at radius 3 is 2.55 bits per heavy atom. The second-order valence-electron chi connectivity index (χ2n) is 2.94. The van der Waals surface area contributed by atoms with Gasteiger partial charge in [0.1, 0.15) is 6.17 Å². The minimum atomic E-state index is -0.846. The van der Waals surface area contributed by atoms with Crippen molar-refractivity contribution in [3.63, 3.8) is 0 Å². The van der Waals surface area contributed by atoms with E-state index in [2.05, 4.69) is 0 Å². The maximum atomic E-state index is 13.1. The summed E-state index contributed by atoms with van der Waals surface area (Å²) < 4.78 is 13.1. The Morgan fingerprint density at radius 1 is 1.27 bits per heavy atom. The first-order valence-electron chi connectivity index (χ1n) is 3.77. The fourth-order valence-electron chi connectivity index (χ4n) is 1.61. The van der Waals surface area contributed by atoms with Crippen molar-refractivity contribution < 1.29 is 4.39 Å². The monoisotopic (exact) mass is 151 g/mol. The van der Waals surface area contributed by atoms with Gasteiger partial charge in [0.2, 0.25) is 0 Å². The number of nitrogens with two attached hydrogens (primary N) is 1. The molecule has 1 aliphatic carbocycles. The topological polar surface area (TPSA) is 26.0 Å². The van der Waals surface area contributed by atoms with E-state index in [1.165, 1.54) is 0 Å². The van der Waals surface area contributed by atoms with E-state index in [0.29, 0.717) is 6.42 Å². The lowest BCUT2D eigenvalue weighted by Crippen LogP contribution is -2.04. The zero-order valence-corrected chi connectivity index (χ0v) is 6.13. The van der Waals surface area contributed by atoms with E-state index in [0.717, 1.165) is 11.1 Å². The Morgan fingerprint density at radius 2 is 1.91 bits per heavy atom. The summed E-state index contributed by atoms with van der Waals surface area (Å²) >= 11 is 0. The van der Waals surface area contributed by atoms with Crippen molar-refractivity contribution >= 4 is 0 Å². The summed E-state index contributed by atoms with van der Waals surface area (Å²) in [6.07, 6.45) is -0.402. The molecular formula is C9H10FN. The SMILES string of the molecule is N[C@H]1C[C@H](F)c2ccccc21. The fraction of sp³-hybridized carbons (Fsp3) is 0.333. The highest BCUT2D eigenvalue weighted by Gasteiger charge is 2.27. The van der Waals surface area contributed by atoms with Crippen LogP contribution in [0.15, 0.2) is 24.3 Å². The highest BCUT2D eigenvalue weighted by atomic mass is 19.1. The molecule has 1 aromatic rings. The molecule has 2 atom stereocenters. The predicted octanol–water partition coefficient (Wildman–Crippen LogP) is 2.10. The Hall–Kier alpha value is -0.890. The molecule has 0 amide bonds. The summed E-state index contributed by atoms with van der Waals surface area (Å²) in [7, 11) is 0. The lowest BCUT2D eigenvalue weighted by molar-refractivity contribution is 0.330. The number of halogens is 1. The molecule has 0 aliphatic heterocycles. The number of alkyl halides is 1. The van der Waals surface area contributed by atoms with Gasteiger partial charge in [0, 0.05) is 12.5 Å². The molecule has 2 N–H and O–H groups in total. The number of fused-ring (bicyclic) bond motifs is 1. The van der Waals surface area contributed by atoms with Crippen LogP contribution >= 0.6 is 0 Å². The van der Waals surface area contributed by atoms with Crippen molar-refractivity contribution in [1.82, 2.24) is 0 Å². The zero-order chi connectivity index (χ0) is 7.84. The van der Waals surface area contributed by atoms with Crippen LogP contribution in [0.2, 0.25) is 0 Å². The molecule has 0 saturated heterocycles. The van der Waals surface area contributed by atoms with Gasteiger partial charge in [-0.2, -0.15) is 0 Å². The third kappa shape index (κ3) is 0.942. The highest BCUT2D eigenvalue weighted by Crippen LogP contribution is 2.39. The maximum Gasteiger partial charge on any atom is 0.127 e. The number of rotatable bonds is 0. The largest absolute Gasteiger partial charge is 0.324 e. The highest BCUT2D eigenvalue weighted by molar-refractivity contribution is 5.36. The molecule has 58 valence electrons. The van der Waals surface area contributed by atoms with Crippen molar-refractivity contribution in [2.75, 3.05) is 0 Å². The van der Waals surface area contributed by atoms with Gasteiger partial charge in [-0.1, -0.05) is 24.3 Å². The summed E-state index contributed by atoms with van der Waals surface area (Å²) in [4.78, 5) is 0. The lowest BCUT2D eigenvalue weighted by Gasteiger charge is -2.01. The molecule has 0 fully saturated rings. The summed E-state index contributed by atoms with van der Waals surface area (Å²) in [5.41, 5.74) is 7.45. The molecule has 1 aromatic carbocycles. The third-order valence-electron chi connectivity index (χ3n) is 2.19. The Balaban J connectivity index is 2.52. The van der Waals surface area contributed by atoms with Gasteiger partial charge in [-0.15, -0.1) is 0 Å². The van der Waals surface area contributed by atoms with Crippen LogP contribution in [-0.2, 0) is 0 Å². The van der Waals surface area contributed by atoms with E-state index in [1.807, 2.05) is 24.3 Å². The molecule has 0 aromatic heterocycles. The van der Waals surface area contributed by atoms with E-state index in [-0.39, 0.29) is 6.04 Å². The lowest BCUT2D eigenvalue weighted by atomic mass is 10.1. The molecule has 1 aliphatic rings. The van der Waals surface area contributed by atoms with E-state index in [9.17, 15) is 4.39 Å². The third-order valence-corrected chi connectivity index (χ3v) is 2.19. The molecule has 2 rings (SSSR count). The summed E-state index contributed by atoms with van der Waals surface area (Å²) in [5.74, 6) is 0. The molecule has 1 nitrogen and oxygen atoms in total. The molecule has 0 saturated carbocycles. The van der Waals surface area contributed by atoms with Crippen molar-refractivity contribution in [2.24, 2.45) is 5.73 Å². The average molecular weight is 151 g/mol. The number of benzene rings is 1. The normalized spacial score (nSPS) is 28.5. The van der Waals surface area contributed by atoms with Crippen molar-refractivity contribution in [2.45, 2.75) is 18.6 Å². The standard InChI is InChI=1S/C9H10FN/c10-8-5-9(11)7-4-2-1-3-6(7)8/h1-4,8-9H,5,11H2/t8-,9-/m0/s1. The smallest absolute Gasteiger partial charge is 0.127 e. The van der Waals surface area contributed by atoms with E-state index < -0.39 is 6.17 Å². The predicted molar refractivity (Wildman–Crippen MR) is 41.8 cm³/mol. The van der Waals surface area contributed by atoms with Crippen LogP contribution in [-0.4, -0.2) is 0 Å². The van der Waals surface area contributed by atoms with E-state index >= 15 is 0 Å². The van der Waals surface area contributed by atoms with Crippen molar-refractivity contribution in [3.8, 4) is 0 Å². The first kappa shape index (κ1) is 6.80. The van der Waals surface area contributed by atoms with Gasteiger partial charge in [0.25, 0.3) is 0 Å². The minimum absolute atomic E-state index is 0.0961. The summed E-state index contributed by atoms with van der Waals surface area (Å²) in [5, 5.41) is 0. The molecule has 0 heterocycles. The Bertz CT molecular complexity index is 245. The van der Waals surface area contributed by atoms with Gasteiger partial charge in [0.05, 0.1) is 0 Å². The average Bonchev–Trinajstić information content (AvgIpc) is 2.30. The van der Waals surface area contributed by atoms with Crippen LogP contribution in [0.3, 0.4) is 0 Å². The van der Waals surface area contributed by atoms with Crippen LogP contribution in [0.5, 0.6) is 0 Å². The minimum Gasteiger partial charge on any atom is -0.324 e. The zero-order valence-electron chi connectivity index (χ0n) is 6.13. The van der Waals surface area contributed by atoms with E-state index in [4.69, 9.17) is 5.73 Å². The molecule has 11 heavy (non-hydrogen) atoms. The second kappa shape index (κ2) is 2.31. The van der Waals surface area contributed by atoms with Gasteiger partial charge >= 0.3 is 0 Å². The van der Waals surface area contributed by atoms with Crippen molar-refractivity contribution in [3.05, 3.63) is 35.4 Å². The van der Waals surface area contributed by atoms with Gasteiger partial charge < -0.3 is 5.73 Å². The summed E-state index contributed by atoms with van der Waals surface area (Å²) in [6, 6.07) is 7.37. The summed E-state index contributed by atoms with van der Waals surface area (Å²) in [6.45, 7) is 0. The van der Waals surface area contributed by atoms with Gasteiger partial charge in [-0.25, -0.2) is 4.39 Å². The number of hydrogen-bond acceptors (Lipinski definition) is 1. The van der Waals surface area contributed by atoms with Crippen molar-refractivity contribution in [1.29, 1.82) is 0 Å². The van der Waals surface area contributed by atoms with E-state index in [1.54, 1.807) is 0 Å². The van der Waals surface area contributed by atoms with Crippen LogP contribution in [0.1, 0.15) is 29.8 Å². The van der Waals surface area contributed by atoms with Gasteiger partial charge in [-0.05, 0) is 11.1 Å². The maximum absolute atomic E-state index is 13.1. The molecule has 0 spiro atoms. The van der Waals surface area contributed by atoms with Crippen LogP contribution in [0.4, 0.5) is 4.39 Å². The fourth-order valence-corrected chi connectivity index (χ4v) is 1.61. The molecule has 0 radical (unpaired) electrons. The Labute approximate surface area is 65.0 Å². The van der Waals surface area contributed by atoms with Crippen LogP contribution in [0, 0.1) is 0 Å². The molecular weight excluding hydrogens is 141 g/mol. The van der Waals surface area contributed by atoms with Crippen LogP contribution < -0.4 is 5.73 Å². The van der Waals surface area contributed by atoms with Crippen LogP contribution in [0.25, 0.3) is 0 Å². The first-order chi connectivity index (χ1) is 5.29. The first-order valence-corrected chi connectivity index (χ1v) is 3.77. The molecule has 2 heteroatoms. The second-order valence-corrected chi connectivity index (χ2v) is 2.94. The van der Waals surface area contributed by atoms with Gasteiger partial charge in [0.15, 0.2) is 0 Å². The number of hydrogen-bond donors (Lipinski definition) is 1. The Kier molecular flexibility index (Phi) is 1.43. The molecule has 0 bridgehead atoms. The molecule has 0 unspecified atom stereocenters. The quantitative estimate of drug-likeness (QED) is 0.603. The van der Waals surface area contributed by atoms with Gasteiger partial charge in [-0.3, -0.25) is 0 Å².